The number of aliphatic hydroxyl groups is 1. The summed E-state index contributed by atoms with van der Waals surface area (Å²) in [5, 5.41) is 15.9. The number of hydrogen-bond donors (Lipinski definition) is 2. The number of hydrogen-bond acceptors (Lipinski definition) is 7. The molecule has 0 spiro atoms. The number of nitrogen functional groups attached to an aromatic ring is 1. The molecule has 0 atom stereocenters. The average Bonchev–Trinajstić information content (AvgIpc) is 2.85. The number of anilines is 1. The minimum Gasteiger partial charge on any atom is -0.462 e. The smallest absolute Gasteiger partial charge is 0.272 e. The maximum Gasteiger partial charge on any atom is 0.272 e. The highest BCUT2D eigenvalue weighted by Crippen LogP contribution is 2.03. The lowest BCUT2D eigenvalue weighted by atomic mass is 10.3. The molecule has 98 valence electrons. The third kappa shape index (κ3) is 2.71. The molecular formula is C11H11N5O3. The largest absolute Gasteiger partial charge is 0.462 e. The minimum absolute atomic E-state index is 0.0551. The monoisotopic (exact) mass is 261 g/mol. The van der Waals surface area contributed by atoms with E-state index in [-0.39, 0.29) is 24.4 Å². The zero-order chi connectivity index (χ0) is 13.8. The highest BCUT2D eigenvalue weighted by Gasteiger charge is 2.10. The van der Waals surface area contributed by atoms with Crippen molar-refractivity contribution in [3.05, 3.63) is 33.8 Å². The van der Waals surface area contributed by atoms with E-state index in [1.54, 1.807) is 13.0 Å². The third-order valence-corrected chi connectivity index (χ3v) is 2.45. The second-order valence-electron chi connectivity index (χ2n) is 3.76. The van der Waals surface area contributed by atoms with Gasteiger partial charge in [-0.05, 0) is 6.92 Å². The molecule has 8 nitrogen and oxygen atoms in total. The highest BCUT2D eigenvalue weighted by molar-refractivity contribution is 5.41. The van der Waals surface area contributed by atoms with Crippen LogP contribution in [0, 0.1) is 19.0 Å². The van der Waals surface area contributed by atoms with Crippen LogP contribution in [0.2, 0.25) is 0 Å². The zero-order valence-electron chi connectivity index (χ0n) is 10.1. The van der Waals surface area contributed by atoms with Crippen molar-refractivity contribution >= 4 is 5.69 Å². The van der Waals surface area contributed by atoms with Crippen molar-refractivity contribution in [1.29, 1.82) is 0 Å². The van der Waals surface area contributed by atoms with Gasteiger partial charge in [0.1, 0.15) is 12.7 Å². The molecular weight excluding hydrogens is 250 g/mol. The fraction of sp³-hybridized carbons (Fsp3) is 0.273. The van der Waals surface area contributed by atoms with E-state index < -0.39 is 0 Å². The van der Waals surface area contributed by atoms with Crippen molar-refractivity contribution < 1.29 is 9.63 Å². The summed E-state index contributed by atoms with van der Waals surface area (Å²) in [4.78, 5) is 15.9. The van der Waals surface area contributed by atoms with E-state index in [1.165, 1.54) is 10.9 Å². The van der Waals surface area contributed by atoms with Gasteiger partial charge in [-0.25, -0.2) is 4.68 Å². The van der Waals surface area contributed by atoms with Gasteiger partial charge in [-0.1, -0.05) is 11.1 Å². The SMILES string of the molecule is Cc1c(N)cnn(Cc2nc(CC#CO)no2)c1=O. The summed E-state index contributed by atoms with van der Waals surface area (Å²) in [7, 11) is 0. The summed E-state index contributed by atoms with van der Waals surface area (Å²) >= 11 is 0. The van der Waals surface area contributed by atoms with Crippen LogP contribution in [0.5, 0.6) is 0 Å². The van der Waals surface area contributed by atoms with E-state index in [0.717, 1.165) is 0 Å². The molecule has 0 saturated carbocycles. The summed E-state index contributed by atoms with van der Waals surface area (Å²) in [6, 6.07) is 0. The van der Waals surface area contributed by atoms with Crippen LogP contribution in [0.1, 0.15) is 17.3 Å². The topological polar surface area (TPSA) is 120 Å². The number of nitrogens with two attached hydrogens (primary N) is 1. The van der Waals surface area contributed by atoms with Gasteiger partial charge in [-0.15, -0.1) is 0 Å². The number of aromatic nitrogens is 4. The molecule has 3 N–H and O–H groups in total. The van der Waals surface area contributed by atoms with Crippen molar-refractivity contribution in [3.63, 3.8) is 0 Å². The lowest BCUT2D eigenvalue weighted by Crippen LogP contribution is -2.26. The first-order valence-corrected chi connectivity index (χ1v) is 5.37. The van der Waals surface area contributed by atoms with Crippen molar-refractivity contribution in [3.8, 4) is 12.0 Å². The normalized spacial score (nSPS) is 9.95. The van der Waals surface area contributed by atoms with Crippen LogP contribution >= 0.6 is 0 Å². The van der Waals surface area contributed by atoms with Gasteiger partial charge in [0.2, 0.25) is 5.89 Å². The molecule has 0 aliphatic heterocycles. The Kier molecular flexibility index (Phi) is 3.47. The second kappa shape index (κ2) is 5.22. The molecule has 0 aliphatic rings. The summed E-state index contributed by atoms with van der Waals surface area (Å²) in [5.74, 6) is 2.95. The molecule has 2 aromatic heterocycles. The van der Waals surface area contributed by atoms with Crippen LogP contribution in [0.15, 0.2) is 15.5 Å². The molecule has 2 rings (SSSR count). The van der Waals surface area contributed by atoms with Crippen LogP contribution < -0.4 is 11.3 Å². The third-order valence-electron chi connectivity index (χ3n) is 2.45. The molecule has 0 fully saturated rings. The Balaban J connectivity index is 2.21. The highest BCUT2D eigenvalue weighted by atomic mass is 16.5. The molecule has 0 amide bonds. The van der Waals surface area contributed by atoms with Crippen LogP contribution in [0.25, 0.3) is 0 Å². The lowest BCUT2D eigenvalue weighted by Gasteiger charge is -2.03. The van der Waals surface area contributed by atoms with E-state index in [1.807, 2.05) is 0 Å². The van der Waals surface area contributed by atoms with E-state index >= 15 is 0 Å². The molecule has 8 heteroatoms. The van der Waals surface area contributed by atoms with Gasteiger partial charge in [0.25, 0.3) is 5.56 Å². The number of aliphatic hydroxyl groups excluding tert-OH is 1. The van der Waals surface area contributed by atoms with Crippen molar-refractivity contribution in [2.24, 2.45) is 0 Å². The first kappa shape index (κ1) is 12.6. The fourth-order valence-electron chi connectivity index (χ4n) is 1.38. The number of rotatable bonds is 3. The van der Waals surface area contributed by atoms with E-state index in [4.69, 9.17) is 15.4 Å². The van der Waals surface area contributed by atoms with Gasteiger partial charge < -0.3 is 15.4 Å². The Morgan fingerprint density at radius 2 is 2.37 bits per heavy atom. The van der Waals surface area contributed by atoms with Crippen molar-refractivity contribution in [1.82, 2.24) is 19.9 Å². The standard InChI is InChI=1S/C11H11N5O3/c1-7-8(12)5-13-16(11(7)18)6-10-14-9(15-19-10)3-2-4-17/h5,17H,3,6,12H2,1H3. The maximum atomic E-state index is 11.8. The molecule has 2 heterocycles. The molecule has 0 aromatic carbocycles. The van der Waals surface area contributed by atoms with Crippen molar-refractivity contribution in [2.75, 3.05) is 5.73 Å². The van der Waals surface area contributed by atoms with E-state index in [9.17, 15) is 4.79 Å². The Hall–Kier alpha value is -2.82. The van der Waals surface area contributed by atoms with Crippen LogP contribution in [0.3, 0.4) is 0 Å². The number of nitrogens with zero attached hydrogens (tertiary/aromatic N) is 4. The Labute approximate surface area is 107 Å². The van der Waals surface area contributed by atoms with Gasteiger partial charge in [-0.2, -0.15) is 10.1 Å². The summed E-state index contributed by atoms with van der Waals surface area (Å²) in [6.07, 6.45) is 3.31. The van der Waals surface area contributed by atoms with Crippen LogP contribution in [-0.2, 0) is 13.0 Å². The van der Waals surface area contributed by atoms with E-state index in [0.29, 0.717) is 17.1 Å². The molecule has 0 saturated heterocycles. The van der Waals surface area contributed by atoms with Gasteiger partial charge in [0.15, 0.2) is 5.82 Å². The van der Waals surface area contributed by atoms with Crippen LogP contribution in [-0.4, -0.2) is 25.0 Å². The van der Waals surface area contributed by atoms with Crippen molar-refractivity contribution in [2.45, 2.75) is 19.9 Å². The average molecular weight is 261 g/mol. The minimum atomic E-state index is -0.310. The maximum absolute atomic E-state index is 11.8. The van der Waals surface area contributed by atoms with Gasteiger partial charge >= 0.3 is 0 Å². The summed E-state index contributed by atoms with van der Waals surface area (Å²) < 4.78 is 6.13. The molecule has 0 aliphatic carbocycles. The van der Waals surface area contributed by atoms with Gasteiger partial charge in [0, 0.05) is 5.56 Å². The zero-order valence-corrected chi connectivity index (χ0v) is 10.1. The first-order chi connectivity index (χ1) is 9.11. The second-order valence-corrected chi connectivity index (χ2v) is 3.76. The van der Waals surface area contributed by atoms with Gasteiger partial charge in [0.05, 0.1) is 18.3 Å². The Bertz CT molecular complexity index is 707. The molecule has 0 radical (unpaired) electrons. The Morgan fingerprint density at radius 1 is 1.58 bits per heavy atom. The van der Waals surface area contributed by atoms with Gasteiger partial charge in [-0.3, -0.25) is 4.79 Å². The van der Waals surface area contributed by atoms with Crippen LogP contribution in [0.4, 0.5) is 5.69 Å². The predicted octanol–water partition coefficient (Wildman–Crippen LogP) is -0.559. The predicted molar refractivity (Wildman–Crippen MR) is 64.5 cm³/mol. The van der Waals surface area contributed by atoms with E-state index in [2.05, 4.69) is 21.2 Å². The molecule has 0 unspecified atom stereocenters. The quantitative estimate of drug-likeness (QED) is 0.710. The Morgan fingerprint density at radius 3 is 3.11 bits per heavy atom. The fourth-order valence-corrected chi connectivity index (χ4v) is 1.38. The summed E-state index contributed by atoms with van der Waals surface area (Å²) in [5.41, 5.74) is 6.02. The molecule has 0 bridgehead atoms. The molecule has 19 heavy (non-hydrogen) atoms. The molecule has 2 aromatic rings. The first-order valence-electron chi connectivity index (χ1n) is 5.37. The lowest BCUT2D eigenvalue weighted by molar-refractivity contribution is 0.359. The summed E-state index contributed by atoms with van der Waals surface area (Å²) in [6.45, 7) is 1.67.